The number of nitrogens with one attached hydrogen (secondary N) is 1. The molecule has 1 N–H and O–H groups in total. The van der Waals surface area contributed by atoms with Crippen molar-refractivity contribution in [1.29, 1.82) is 0 Å². The fourth-order valence-corrected chi connectivity index (χ4v) is 2.68. The first-order valence-corrected chi connectivity index (χ1v) is 6.97. The van der Waals surface area contributed by atoms with Crippen molar-refractivity contribution < 1.29 is 8.78 Å². The average Bonchev–Trinajstić information content (AvgIpc) is 2.37. The molecule has 0 aromatic heterocycles. The number of benzene rings is 1. The Morgan fingerprint density at radius 2 is 1.89 bits per heavy atom. The van der Waals surface area contributed by atoms with Crippen molar-refractivity contribution in [2.75, 3.05) is 26.2 Å². The van der Waals surface area contributed by atoms with E-state index in [4.69, 9.17) is 0 Å². The second kappa shape index (κ2) is 6.44. The minimum absolute atomic E-state index is 0.0442. The summed E-state index contributed by atoms with van der Waals surface area (Å²) >= 11 is 0. The monoisotopic (exact) mass is 268 g/mol. The number of hydrogen-bond donors (Lipinski definition) is 1. The van der Waals surface area contributed by atoms with Crippen molar-refractivity contribution in [3.63, 3.8) is 0 Å². The molecular formula is C15H22F2N2. The second-order valence-electron chi connectivity index (χ2n) is 5.60. The zero-order valence-electron chi connectivity index (χ0n) is 11.6. The summed E-state index contributed by atoms with van der Waals surface area (Å²) in [5.74, 6) is -0.460. The van der Waals surface area contributed by atoms with Crippen LogP contribution in [0.5, 0.6) is 0 Å². The van der Waals surface area contributed by atoms with Crippen molar-refractivity contribution in [2.45, 2.75) is 26.3 Å². The van der Waals surface area contributed by atoms with Gasteiger partial charge in [-0.05, 0) is 18.4 Å². The first-order valence-electron chi connectivity index (χ1n) is 6.97. The standard InChI is InChI=1S/C15H22F2N2/c1-11(2)9-15(19-7-5-18-6-8-19)13-4-3-12(16)10-14(13)17/h3-4,10-11,15,18H,5-9H2,1-2H3/t15-/m1/s1. The second-order valence-corrected chi connectivity index (χ2v) is 5.60. The molecule has 1 aliphatic heterocycles. The highest BCUT2D eigenvalue weighted by Crippen LogP contribution is 2.30. The van der Waals surface area contributed by atoms with Crippen LogP contribution >= 0.6 is 0 Å². The molecule has 0 unspecified atom stereocenters. The average molecular weight is 268 g/mol. The fraction of sp³-hybridized carbons (Fsp3) is 0.600. The van der Waals surface area contributed by atoms with Gasteiger partial charge in [-0.1, -0.05) is 19.9 Å². The summed E-state index contributed by atoms with van der Waals surface area (Å²) in [5, 5.41) is 3.30. The van der Waals surface area contributed by atoms with Crippen molar-refractivity contribution in [3.8, 4) is 0 Å². The molecule has 106 valence electrons. The molecule has 1 aromatic rings. The van der Waals surface area contributed by atoms with E-state index in [0.29, 0.717) is 11.5 Å². The van der Waals surface area contributed by atoms with Gasteiger partial charge in [0.05, 0.1) is 0 Å². The van der Waals surface area contributed by atoms with Crippen molar-refractivity contribution in [1.82, 2.24) is 10.2 Å². The molecule has 1 atom stereocenters. The van der Waals surface area contributed by atoms with Crippen LogP contribution in [0.4, 0.5) is 8.78 Å². The van der Waals surface area contributed by atoms with Crippen molar-refractivity contribution in [2.24, 2.45) is 5.92 Å². The van der Waals surface area contributed by atoms with Gasteiger partial charge in [-0.25, -0.2) is 8.78 Å². The number of piperazine rings is 1. The molecule has 1 aliphatic rings. The lowest BCUT2D eigenvalue weighted by Gasteiger charge is -2.36. The van der Waals surface area contributed by atoms with E-state index in [1.165, 1.54) is 6.07 Å². The Kier molecular flexibility index (Phi) is 4.88. The highest BCUT2D eigenvalue weighted by molar-refractivity contribution is 5.22. The van der Waals surface area contributed by atoms with Crippen LogP contribution in [-0.2, 0) is 0 Å². The van der Waals surface area contributed by atoms with Gasteiger partial charge in [0, 0.05) is 43.9 Å². The van der Waals surface area contributed by atoms with Crippen LogP contribution < -0.4 is 5.32 Å². The minimum Gasteiger partial charge on any atom is -0.314 e. The first-order chi connectivity index (χ1) is 9.08. The maximum absolute atomic E-state index is 14.0. The van der Waals surface area contributed by atoms with Gasteiger partial charge in [-0.2, -0.15) is 0 Å². The van der Waals surface area contributed by atoms with Crippen LogP contribution in [0.1, 0.15) is 31.9 Å². The SMILES string of the molecule is CC(C)C[C@H](c1ccc(F)cc1F)N1CCNCC1. The molecule has 1 saturated heterocycles. The first kappa shape index (κ1) is 14.4. The molecule has 0 saturated carbocycles. The fourth-order valence-electron chi connectivity index (χ4n) is 2.68. The Balaban J connectivity index is 2.25. The van der Waals surface area contributed by atoms with Gasteiger partial charge < -0.3 is 5.32 Å². The number of nitrogens with zero attached hydrogens (tertiary/aromatic N) is 1. The smallest absolute Gasteiger partial charge is 0.130 e. The van der Waals surface area contributed by atoms with Gasteiger partial charge >= 0.3 is 0 Å². The molecule has 0 amide bonds. The Morgan fingerprint density at radius 1 is 1.21 bits per heavy atom. The third kappa shape index (κ3) is 3.74. The number of halogens is 2. The predicted molar refractivity (Wildman–Crippen MR) is 73.0 cm³/mol. The maximum Gasteiger partial charge on any atom is 0.130 e. The zero-order valence-corrected chi connectivity index (χ0v) is 11.6. The summed E-state index contributed by atoms with van der Waals surface area (Å²) in [7, 11) is 0. The molecule has 4 heteroatoms. The molecule has 0 radical (unpaired) electrons. The Bertz CT molecular complexity index is 415. The molecule has 2 rings (SSSR count). The van der Waals surface area contributed by atoms with E-state index < -0.39 is 11.6 Å². The summed E-state index contributed by atoms with van der Waals surface area (Å²) < 4.78 is 27.1. The minimum atomic E-state index is -0.509. The van der Waals surface area contributed by atoms with Crippen LogP contribution in [0.25, 0.3) is 0 Å². The lowest BCUT2D eigenvalue weighted by molar-refractivity contribution is 0.151. The molecule has 0 aliphatic carbocycles. The molecule has 2 nitrogen and oxygen atoms in total. The van der Waals surface area contributed by atoms with Crippen molar-refractivity contribution >= 4 is 0 Å². The predicted octanol–water partition coefficient (Wildman–Crippen LogP) is 2.96. The van der Waals surface area contributed by atoms with Crippen molar-refractivity contribution in [3.05, 3.63) is 35.4 Å². The molecular weight excluding hydrogens is 246 g/mol. The normalized spacial score (nSPS) is 18.8. The van der Waals surface area contributed by atoms with Crippen LogP contribution in [0, 0.1) is 17.6 Å². The largest absolute Gasteiger partial charge is 0.314 e. The summed E-state index contributed by atoms with van der Waals surface area (Å²) in [5.41, 5.74) is 0.622. The summed E-state index contributed by atoms with van der Waals surface area (Å²) in [6, 6.07) is 3.99. The molecule has 1 aromatic carbocycles. The summed E-state index contributed by atoms with van der Waals surface area (Å²) in [6.45, 7) is 7.95. The third-order valence-electron chi connectivity index (χ3n) is 3.61. The van der Waals surface area contributed by atoms with Crippen LogP contribution in [0.15, 0.2) is 18.2 Å². The van der Waals surface area contributed by atoms with Crippen LogP contribution in [0.2, 0.25) is 0 Å². The molecule has 1 fully saturated rings. The van der Waals surface area contributed by atoms with Gasteiger partial charge in [0.2, 0.25) is 0 Å². The van der Waals surface area contributed by atoms with Gasteiger partial charge in [0.25, 0.3) is 0 Å². The third-order valence-corrected chi connectivity index (χ3v) is 3.61. The van der Waals surface area contributed by atoms with Gasteiger partial charge in [-0.3, -0.25) is 4.90 Å². The van der Waals surface area contributed by atoms with Gasteiger partial charge in [0.15, 0.2) is 0 Å². The molecule has 0 spiro atoms. The van der Waals surface area contributed by atoms with E-state index in [0.717, 1.165) is 38.7 Å². The van der Waals surface area contributed by atoms with Gasteiger partial charge in [0.1, 0.15) is 11.6 Å². The lowest BCUT2D eigenvalue weighted by atomic mass is 9.94. The zero-order chi connectivity index (χ0) is 13.8. The maximum atomic E-state index is 14.0. The highest BCUT2D eigenvalue weighted by Gasteiger charge is 2.25. The van der Waals surface area contributed by atoms with E-state index in [9.17, 15) is 8.78 Å². The van der Waals surface area contributed by atoms with E-state index in [1.807, 2.05) is 0 Å². The van der Waals surface area contributed by atoms with Crippen LogP contribution in [0.3, 0.4) is 0 Å². The molecule has 0 bridgehead atoms. The topological polar surface area (TPSA) is 15.3 Å². The highest BCUT2D eigenvalue weighted by atomic mass is 19.1. The molecule has 19 heavy (non-hydrogen) atoms. The van der Waals surface area contributed by atoms with E-state index in [-0.39, 0.29) is 6.04 Å². The molecule has 1 heterocycles. The lowest BCUT2D eigenvalue weighted by Crippen LogP contribution is -2.45. The Morgan fingerprint density at radius 3 is 2.47 bits per heavy atom. The Labute approximate surface area is 113 Å². The Hall–Kier alpha value is -1.00. The number of rotatable bonds is 4. The van der Waals surface area contributed by atoms with E-state index in [1.54, 1.807) is 6.07 Å². The van der Waals surface area contributed by atoms with E-state index in [2.05, 4.69) is 24.1 Å². The van der Waals surface area contributed by atoms with Crippen LogP contribution in [-0.4, -0.2) is 31.1 Å². The summed E-state index contributed by atoms with van der Waals surface area (Å²) in [6.07, 6.45) is 0.891. The van der Waals surface area contributed by atoms with E-state index >= 15 is 0 Å². The summed E-state index contributed by atoms with van der Waals surface area (Å²) in [4.78, 5) is 2.30. The van der Waals surface area contributed by atoms with Gasteiger partial charge in [-0.15, -0.1) is 0 Å². The quantitative estimate of drug-likeness (QED) is 0.903. The number of hydrogen-bond acceptors (Lipinski definition) is 2.